The SMILES string of the molecule is CC(CO)NCC1CCCCN1C(=O)OC(C)(C)C. The Balaban J connectivity index is 2.54. The molecule has 0 radical (unpaired) electrons. The molecule has 1 fully saturated rings. The van der Waals surface area contributed by atoms with E-state index in [0.29, 0.717) is 6.54 Å². The van der Waals surface area contributed by atoms with E-state index in [0.717, 1.165) is 25.8 Å². The Morgan fingerprint density at radius 2 is 2.16 bits per heavy atom. The lowest BCUT2D eigenvalue weighted by atomic mass is 10.0. The summed E-state index contributed by atoms with van der Waals surface area (Å²) in [5.74, 6) is 0. The van der Waals surface area contributed by atoms with Gasteiger partial charge in [0.05, 0.1) is 6.61 Å². The van der Waals surface area contributed by atoms with E-state index in [1.807, 2.05) is 32.6 Å². The number of carbonyl (C=O) groups excluding carboxylic acids is 1. The fourth-order valence-corrected chi connectivity index (χ4v) is 2.18. The van der Waals surface area contributed by atoms with Gasteiger partial charge in [0, 0.05) is 25.2 Å². The van der Waals surface area contributed by atoms with Crippen molar-refractivity contribution >= 4 is 6.09 Å². The highest BCUT2D eigenvalue weighted by molar-refractivity contribution is 5.68. The Labute approximate surface area is 116 Å². The van der Waals surface area contributed by atoms with Gasteiger partial charge in [0.25, 0.3) is 0 Å². The third-order valence-corrected chi connectivity index (χ3v) is 3.23. The molecule has 0 aromatic carbocycles. The van der Waals surface area contributed by atoms with Gasteiger partial charge in [0.15, 0.2) is 0 Å². The average molecular weight is 272 g/mol. The van der Waals surface area contributed by atoms with Crippen LogP contribution in [0.15, 0.2) is 0 Å². The molecule has 1 heterocycles. The quantitative estimate of drug-likeness (QED) is 0.818. The predicted molar refractivity (Wildman–Crippen MR) is 75.1 cm³/mol. The van der Waals surface area contributed by atoms with Crippen LogP contribution in [0.25, 0.3) is 0 Å². The van der Waals surface area contributed by atoms with E-state index >= 15 is 0 Å². The van der Waals surface area contributed by atoms with Crippen LogP contribution in [0.4, 0.5) is 4.79 Å². The van der Waals surface area contributed by atoms with Crippen LogP contribution in [0.1, 0.15) is 47.0 Å². The Morgan fingerprint density at radius 1 is 1.47 bits per heavy atom. The lowest BCUT2D eigenvalue weighted by molar-refractivity contribution is 0.00954. The molecule has 1 amide bonds. The molecule has 112 valence electrons. The van der Waals surface area contributed by atoms with Gasteiger partial charge in [-0.05, 0) is 47.0 Å². The fraction of sp³-hybridized carbons (Fsp3) is 0.929. The van der Waals surface area contributed by atoms with E-state index in [1.165, 1.54) is 0 Å². The topological polar surface area (TPSA) is 61.8 Å². The van der Waals surface area contributed by atoms with E-state index < -0.39 is 5.60 Å². The van der Waals surface area contributed by atoms with Crippen LogP contribution in [0.2, 0.25) is 0 Å². The van der Waals surface area contributed by atoms with Crippen molar-refractivity contribution in [3.05, 3.63) is 0 Å². The summed E-state index contributed by atoms with van der Waals surface area (Å²) in [6, 6.07) is 0.222. The molecule has 0 saturated carbocycles. The molecule has 1 aliphatic heterocycles. The van der Waals surface area contributed by atoms with Crippen LogP contribution in [0.3, 0.4) is 0 Å². The van der Waals surface area contributed by atoms with Crippen molar-refractivity contribution in [3.63, 3.8) is 0 Å². The van der Waals surface area contributed by atoms with Crippen LogP contribution in [0.5, 0.6) is 0 Å². The summed E-state index contributed by atoms with van der Waals surface area (Å²) in [6.45, 7) is 9.16. The van der Waals surface area contributed by atoms with Crippen LogP contribution in [-0.4, -0.2) is 53.5 Å². The first-order valence-corrected chi connectivity index (χ1v) is 7.17. The van der Waals surface area contributed by atoms with E-state index in [4.69, 9.17) is 9.84 Å². The molecule has 1 rings (SSSR count). The average Bonchev–Trinajstić information content (AvgIpc) is 2.34. The minimum atomic E-state index is -0.453. The van der Waals surface area contributed by atoms with Crippen molar-refractivity contribution in [2.24, 2.45) is 0 Å². The van der Waals surface area contributed by atoms with Crippen LogP contribution in [0, 0.1) is 0 Å². The molecule has 0 aliphatic carbocycles. The smallest absolute Gasteiger partial charge is 0.410 e. The Kier molecular flexibility index (Phi) is 6.07. The van der Waals surface area contributed by atoms with Gasteiger partial charge in [-0.25, -0.2) is 4.79 Å². The molecule has 5 heteroatoms. The van der Waals surface area contributed by atoms with E-state index in [2.05, 4.69) is 5.32 Å². The summed E-state index contributed by atoms with van der Waals surface area (Å²) in [5.41, 5.74) is -0.453. The summed E-state index contributed by atoms with van der Waals surface area (Å²) >= 11 is 0. The van der Waals surface area contributed by atoms with Gasteiger partial charge in [-0.1, -0.05) is 0 Å². The number of nitrogens with zero attached hydrogens (tertiary/aromatic N) is 1. The zero-order valence-corrected chi connectivity index (χ0v) is 12.6. The first-order chi connectivity index (χ1) is 8.83. The number of carbonyl (C=O) groups is 1. The standard InChI is InChI=1S/C14H28N2O3/c1-11(10-17)15-9-12-7-5-6-8-16(12)13(18)19-14(2,3)4/h11-12,15,17H,5-10H2,1-4H3. The monoisotopic (exact) mass is 272 g/mol. The number of aliphatic hydroxyl groups excluding tert-OH is 1. The Morgan fingerprint density at radius 3 is 2.74 bits per heavy atom. The van der Waals surface area contributed by atoms with E-state index in [-0.39, 0.29) is 24.8 Å². The molecular weight excluding hydrogens is 244 g/mol. The summed E-state index contributed by atoms with van der Waals surface area (Å²) in [4.78, 5) is 14.0. The number of piperidine rings is 1. The summed E-state index contributed by atoms with van der Waals surface area (Å²) in [6.07, 6.45) is 2.94. The zero-order valence-electron chi connectivity index (χ0n) is 12.6. The van der Waals surface area contributed by atoms with Gasteiger partial charge in [0.1, 0.15) is 5.60 Å². The highest BCUT2D eigenvalue weighted by Gasteiger charge is 2.30. The van der Waals surface area contributed by atoms with Crippen molar-refractivity contribution in [2.45, 2.75) is 64.6 Å². The lowest BCUT2D eigenvalue weighted by Crippen LogP contribution is -2.51. The van der Waals surface area contributed by atoms with Crippen LogP contribution >= 0.6 is 0 Å². The number of nitrogens with one attached hydrogen (secondary N) is 1. The zero-order chi connectivity index (χ0) is 14.5. The summed E-state index contributed by atoms with van der Waals surface area (Å²) in [7, 11) is 0. The second-order valence-electron chi connectivity index (χ2n) is 6.32. The highest BCUT2D eigenvalue weighted by Crippen LogP contribution is 2.20. The Hall–Kier alpha value is -0.810. The largest absolute Gasteiger partial charge is 0.444 e. The Bertz CT molecular complexity index is 289. The minimum absolute atomic E-state index is 0.0578. The summed E-state index contributed by atoms with van der Waals surface area (Å²) < 4.78 is 5.45. The first kappa shape index (κ1) is 16.2. The molecular formula is C14H28N2O3. The number of rotatable bonds is 4. The molecule has 2 N–H and O–H groups in total. The van der Waals surface area contributed by atoms with Crippen molar-refractivity contribution in [2.75, 3.05) is 19.7 Å². The minimum Gasteiger partial charge on any atom is -0.444 e. The molecule has 19 heavy (non-hydrogen) atoms. The molecule has 2 unspecified atom stereocenters. The highest BCUT2D eigenvalue weighted by atomic mass is 16.6. The van der Waals surface area contributed by atoms with Crippen molar-refractivity contribution in [3.8, 4) is 0 Å². The normalized spacial score (nSPS) is 22.2. The van der Waals surface area contributed by atoms with Crippen molar-refractivity contribution in [1.29, 1.82) is 0 Å². The fourth-order valence-electron chi connectivity index (χ4n) is 2.18. The molecule has 0 spiro atoms. The maximum absolute atomic E-state index is 12.2. The number of aliphatic hydroxyl groups is 1. The van der Waals surface area contributed by atoms with Crippen LogP contribution in [-0.2, 0) is 4.74 Å². The second-order valence-corrected chi connectivity index (χ2v) is 6.32. The molecule has 0 aromatic heterocycles. The van der Waals surface area contributed by atoms with Gasteiger partial charge >= 0.3 is 6.09 Å². The van der Waals surface area contributed by atoms with Gasteiger partial charge in [-0.3, -0.25) is 0 Å². The molecule has 0 bridgehead atoms. The lowest BCUT2D eigenvalue weighted by Gasteiger charge is -2.37. The number of ether oxygens (including phenoxy) is 1. The number of amides is 1. The number of hydrogen-bond acceptors (Lipinski definition) is 4. The first-order valence-electron chi connectivity index (χ1n) is 7.17. The number of likely N-dealkylation sites (tertiary alicyclic amines) is 1. The van der Waals surface area contributed by atoms with Crippen molar-refractivity contribution in [1.82, 2.24) is 10.2 Å². The molecule has 2 atom stereocenters. The van der Waals surface area contributed by atoms with Gasteiger partial charge in [-0.15, -0.1) is 0 Å². The molecule has 5 nitrogen and oxygen atoms in total. The predicted octanol–water partition coefficient (Wildman–Crippen LogP) is 1.75. The summed E-state index contributed by atoms with van der Waals surface area (Å²) in [5, 5.41) is 12.3. The molecule has 1 aliphatic rings. The third kappa shape index (κ3) is 5.78. The van der Waals surface area contributed by atoms with Gasteiger partial charge in [-0.2, -0.15) is 0 Å². The number of hydrogen-bond donors (Lipinski definition) is 2. The second kappa shape index (κ2) is 7.10. The maximum atomic E-state index is 12.2. The molecule has 0 aromatic rings. The van der Waals surface area contributed by atoms with Crippen LogP contribution < -0.4 is 5.32 Å². The van der Waals surface area contributed by atoms with E-state index in [1.54, 1.807) is 0 Å². The third-order valence-electron chi connectivity index (χ3n) is 3.23. The van der Waals surface area contributed by atoms with Crippen molar-refractivity contribution < 1.29 is 14.6 Å². The maximum Gasteiger partial charge on any atom is 0.410 e. The van der Waals surface area contributed by atoms with Gasteiger partial charge in [0.2, 0.25) is 0 Å². The van der Waals surface area contributed by atoms with E-state index in [9.17, 15) is 4.79 Å². The molecule has 1 saturated heterocycles. The van der Waals surface area contributed by atoms with Gasteiger partial charge < -0.3 is 20.1 Å².